The number of rotatable bonds is 3. The van der Waals surface area contributed by atoms with E-state index in [1.165, 1.54) is 0 Å². The third kappa shape index (κ3) is 2.99. The third-order valence-corrected chi connectivity index (χ3v) is 4.26. The molecule has 5 nitrogen and oxygen atoms in total. The minimum absolute atomic E-state index is 0.115. The molecule has 118 valence electrons. The monoisotopic (exact) mass is 301 g/mol. The van der Waals surface area contributed by atoms with E-state index in [0.29, 0.717) is 19.7 Å². The van der Waals surface area contributed by atoms with Gasteiger partial charge in [0.1, 0.15) is 11.9 Å². The van der Waals surface area contributed by atoms with Crippen LogP contribution in [0.3, 0.4) is 0 Å². The molecule has 0 radical (unpaired) electrons. The highest BCUT2D eigenvalue weighted by Gasteiger charge is 2.30. The summed E-state index contributed by atoms with van der Waals surface area (Å²) in [5.74, 6) is 1.09. The number of hydrogen-bond donors (Lipinski definition) is 0. The zero-order valence-corrected chi connectivity index (χ0v) is 13.1. The van der Waals surface area contributed by atoms with Crippen LogP contribution in [0.1, 0.15) is 24.1 Å². The van der Waals surface area contributed by atoms with Gasteiger partial charge in [-0.1, -0.05) is 12.1 Å². The van der Waals surface area contributed by atoms with Gasteiger partial charge < -0.3 is 14.5 Å². The third-order valence-electron chi connectivity index (χ3n) is 4.26. The summed E-state index contributed by atoms with van der Waals surface area (Å²) < 4.78 is 5.55. The van der Waals surface area contributed by atoms with Crippen molar-refractivity contribution < 1.29 is 9.53 Å². The first kappa shape index (κ1) is 15.0. The highest BCUT2D eigenvalue weighted by atomic mass is 16.5. The van der Waals surface area contributed by atoms with E-state index in [-0.39, 0.29) is 12.0 Å². The second kappa shape index (κ2) is 6.48. The average molecular weight is 301 g/mol. The van der Waals surface area contributed by atoms with E-state index in [0.717, 1.165) is 43.0 Å². The molecule has 1 atom stereocenters. The van der Waals surface area contributed by atoms with Crippen molar-refractivity contribution >= 4 is 11.7 Å². The van der Waals surface area contributed by atoms with Crippen molar-refractivity contribution in [2.75, 3.05) is 31.1 Å². The topological polar surface area (TPSA) is 45.7 Å². The number of ether oxygens (including phenoxy) is 1. The fourth-order valence-corrected chi connectivity index (χ4v) is 3.10. The smallest absolute Gasteiger partial charge is 0.252 e. The molecule has 1 saturated heterocycles. The molecule has 0 bridgehead atoms. The first-order chi connectivity index (χ1) is 10.7. The molecule has 1 fully saturated rings. The number of aryl methyl sites for hydroxylation is 1. The molecule has 1 aromatic heterocycles. The number of pyridine rings is 1. The molecule has 3 rings (SSSR count). The summed E-state index contributed by atoms with van der Waals surface area (Å²) in [5, 5.41) is 0. The molecule has 22 heavy (non-hydrogen) atoms. The summed E-state index contributed by atoms with van der Waals surface area (Å²) in [4.78, 5) is 21.4. The van der Waals surface area contributed by atoms with Crippen LogP contribution in [0.2, 0.25) is 0 Å². The Balaban J connectivity index is 1.85. The van der Waals surface area contributed by atoms with Gasteiger partial charge in [0.15, 0.2) is 0 Å². The summed E-state index contributed by atoms with van der Waals surface area (Å²) in [5.41, 5.74) is 2.09. The second-order valence-corrected chi connectivity index (χ2v) is 5.93. The van der Waals surface area contributed by atoms with Crippen LogP contribution >= 0.6 is 0 Å². The van der Waals surface area contributed by atoms with Gasteiger partial charge >= 0.3 is 0 Å². The minimum atomic E-state index is -0.257. The molecule has 2 aliphatic heterocycles. The Bertz CT molecular complexity index is 567. The highest BCUT2D eigenvalue weighted by molar-refractivity contribution is 5.81. The van der Waals surface area contributed by atoms with E-state index >= 15 is 0 Å². The molecule has 5 heteroatoms. The lowest BCUT2D eigenvalue weighted by atomic mass is 10.2. The van der Waals surface area contributed by atoms with Crippen LogP contribution in [0.25, 0.3) is 0 Å². The number of anilines is 1. The van der Waals surface area contributed by atoms with Crippen LogP contribution in [-0.4, -0.2) is 48.1 Å². The van der Waals surface area contributed by atoms with Crippen LogP contribution < -0.4 is 4.90 Å². The Morgan fingerprint density at radius 2 is 2.36 bits per heavy atom. The standard InChI is InChI=1S/C17H23N3O2/c1-3-8-19-9-10-20(17(21)15-5-4-11-22-15)12-14-7-6-13(2)18-16(14)19/h3,6-7,15H,1,4-5,8-12H2,2H3/t15-/m0/s1. The highest BCUT2D eigenvalue weighted by Crippen LogP contribution is 2.25. The zero-order valence-electron chi connectivity index (χ0n) is 13.1. The lowest BCUT2D eigenvalue weighted by molar-refractivity contribution is -0.141. The van der Waals surface area contributed by atoms with E-state index < -0.39 is 0 Å². The minimum Gasteiger partial charge on any atom is -0.368 e. The van der Waals surface area contributed by atoms with Gasteiger partial charge in [-0.05, 0) is 25.8 Å². The SMILES string of the molecule is C=CCN1CCN(C(=O)[C@@H]2CCCO2)Cc2ccc(C)nc21. The summed E-state index contributed by atoms with van der Waals surface area (Å²) in [6.45, 7) is 9.33. The van der Waals surface area contributed by atoms with Gasteiger partial charge in [-0.25, -0.2) is 4.98 Å². The molecule has 0 saturated carbocycles. The summed E-state index contributed by atoms with van der Waals surface area (Å²) in [6, 6.07) is 4.08. The van der Waals surface area contributed by atoms with Crippen molar-refractivity contribution in [1.29, 1.82) is 0 Å². The fraction of sp³-hybridized carbons (Fsp3) is 0.529. The van der Waals surface area contributed by atoms with Crippen molar-refractivity contribution in [3.8, 4) is 0 Å². The summed E-state index contributed by atoms with van der Waals surface area (Å²) >= 11 is 0. The fourth-order valence-electron chi connectivity index (χ4n) is 3.10. The van der Waals surface area contributed by atoms with Crippen LogP contribution in [0, 0.1) is 6.92 Å². The maximum absolute atomic E-state index is 12.6. The number of aromatic nitrogens is 1. The molecule has 2 aliphatic rings. The van der Waals surface area contributed by atoms with Crippen molar-refractivity contribution in [1.82, 2.24) is 9.88 Å². The maximum Gasteiger partial charge on any atom is 0.252 e. The number of hydrogen-bond acceptors (Lipinski definition) is 4. The van der Waals surface area contributed by atoms with Crippen molar-refractivity contribution in [3.63, 3.8) is 0 Å². The molecule has 0 aromatic carbocycles. The van der Waals surface area contributed by atoms with Crippen LogP contribution in [-0.2, 0) is 16.1 Å². The maximum atomic E-state index is 12.6. The molecule has 1 aromatic rings. The van der Waals surface area contributed by atoms with Gasteiger partial charge in [0, 0.05) is 44.0 Å². The van der Waals surface area contributed by atoms with E-state index in [1.807, 2.05) is 24.0 Å². The predicted molar refractivity (Wildman–Crippen MR) is 85.8 cm³/mol. The van der Waals surface area contributed by atoms with Crippen molar-refractivity contribution in [3.05, 3.63) is 36.0 Å². The Morgan fingerprint density at radius 3 is 3.09 bits per heavy atom. The number of carbonyl (C=O) groups excluding carboxylic acids is 1. The second-order valence-electron chi connectivity index (χ2n) is 5.93. The van der Waals surface area contributed by atoms with E-state index in [4.69, 9.17) is 4.74 Å². The average Bonchev–Trinajstić information content (AvgIpc) is 2.99. The van der Waals surface area contributed by atoms with Crippen molar-refractivity contribution in [2.24, 2.45) is 0 Å². The molecule has 0 unspecified atom stereocenters. The Kier molecular flexibility index (Phi) is 4.43. The van der Waals surface area contributed by atoms with Gasteiger partial charge in [0.05, 0.1) is 0 Å². The van der Waals surface area contributed by atoms with Crippen LogP contribution in [0.15, 0.2) is 24.8 Å². The van der Waals surface area contributed by atoms with Crippen molar-refractivity contribution in [2.45, 2.75) is 32.4 Å². The number of carbonyl (C=O) groups is 1. The first-order valence-corrected chi connectivity index (χ1v) is 7.92. The van der Waals surface area contributed by atoms with Gasteiger partial charge in [-0.15, -0.1) is 6.58 Å². The van der Waals surface area contributed by atoms with E-state index in [9.17, 15) is 4.79 Å². The van der Waals surface area contributed by atoms with E-state index in [2.05, 4.69) is 22.5 Å². The first-order valence-electron chi connectivity index (χ1n) is 7.92. The molecule has 0 aliphatic carbocycles. The number of fused-ring (bicyclic) bond motifs is 1. The quantitative estimate of drug-likeness (QED) is 0.800. The molecular weight excluding hydrogens is 278 g/mol. The van der Waals surface area contributed by atoms with Gasteiger partial charge in [-0.3, -0.25) is 4.79 Å². The molecular formula is C17H23N3O2. The summed E-state index contributed by atoms with van der Waals surface area (Å²) in [7, 11) is 0. The lowest BCUT2D eigenvalue weighted by Gasteiger charge is -2.24. The van der Waals surface area contributed by atoms with E-state index in [1.54, 1.807) is 0 Å². The van der Waals surface area contributed by atoms with Crippen LogP contribution in [0.4, 0.5) is 5.82 Å². The molecule has 0 N–H and O–H groups in total. The molecule has 3 heterocycles. The molecule has 1 amide bonds. The van der Waals surface area contributed by atoms with Crippen LogP contribution in [0.5, 0.6) is 0 Å². The number of amides is 1. The normalized spacial score (nSPS) is 21.4. The Labute approximate surface area is 131 Å². The zero-order chi connectivity index (χ0) is 15.5. The molecule has 0 spiro atoms. The Morgan fingerprint density at radius 1 is 1.50 bits per heavy atom. The largest absolute Gasteiger partial charge is 0.368 e. The lowest BCUT2D eigenvalue weighted by Crippen LogP contribution is -2.41. The Hall–Kier alpha value is -1.88. The van der Waals surface area contributed by atoms with Gasteiger partial charge in [0.25, 0.3) is 5.91 Å². The predicted octanol–water partition coefficient (Wildman–Crippen LogP) is 1.90. The van der Waals surface area contributed by atoms with Gasteiger partial charge in [0.2, 0.25) is 0 Å². The summed E-state index contributed by atoms with van der Waals surface area (Å²) in [6.07, 6.45) is 3.44. The number of nitrogens with zero attached hydrogens (tertiary/aromatic N) is 3. The van der Waals surface area contributed by atoms with Gasteiger partial charge in [-0.2, -0.15) is 0 Å².